The fraction of sp³-hybridized carbons (Fsp3) is 0.381. The Morgan fingerprint density at radius 2 is 1.75 bits per heavy atom. The summed E-state index contributed by atoms with van der Waals surface area (Å²) in [6.45, 7) is 6.69. The van der Waals surface area contributed by atoms with Crippen LogP contribution in [0.4, 0.5) is 11.4 Å². The number of hydrogen-bond acceptors (Lipinski definition) is 8. The number of esters is 1. The Kier molecular flexibility index (Phi) is 10.6. The zero-order valence-corrected chi connectivity index (χ0v) is 17.8. The van der Waals surface area contributed by atoms with Gasteiger partial charge in [0.25, 0.3) is 5.69 Å². The molecule has 0 unspecified atom stereocenters. The normalized spacial score (nSPS) is 9.88. The Bertz CT molecular complexity index is 995. The summed E-state index contributed by atoms with van der Waals surface area (Å²) in [7, 11) is 1.26. The second kappa shape index (κ2) is 12.8. The van der Waals surface area contributed by atoms with E-state index in [0.717, 1.165) is 24.5 Å². The maximum absolute atomic E-state index is 11.5. The fourth-order valence-electron chi connectivity index (χ4n) is 2.85. The first kappa shape index (κ1) is 26.3. The summed E-state index contributed by atoms with van der Waals surface area (Å²) in [5, 5.41) is 14.1. The van der Waals surface area contributed by atoms with Gasteiger partial charge in [-0.25, -0.2) is 14.8 Å². The van der Waals surface area contributed by atoms with Crippen LogP contribution in [0.1, 0.15) is 43.0 Å². The monoisotopic (exact) mass is 445 g/mol. The zero-order chi connectivity index (χ0) is 22.8. The van der Waals surface area contributed by atoms with Crippen molar-refractivity contribution in [3.8, 4) is 0 Å². The van der Waals surface area contributed by atoms with Gasteiger partial charge in [-0.05, 0) is 26.0 Å². The molecular formula is C21H31N7O4. The predicted octanol–water partition coefficient (Wildman–Crippen LogP) is 3.21. The lowest BCUT2D eigenvalue weighted by atomic mass is 10.1. The standard InChI is InChI=1S/C14H16N4O4.C6H11N3.CH4/c1-3-17-9-15-7-11(17)8-16-12-6-10(14(19)22-2)4-5-13(12)18(20)21;1-2-9-5-8-4-6(9)3-7;/h4-7,9,16H,3,8H2,1-2H3;4-5H,2-3,7H2,1H3;1H4. The van der Waals surface area contributed by atoms with E-state index in [1.165, 1.54) is 25.3 Å². The number of imidazole rings is 2. The van der Waals surface area contributed by atoms with Crippen molar-refractivity contribution in [1.82, 2.24) is 19.1 Å². The van der Waals surface area contributed by atoms with Crippen molar-refractivity contribution in [2.24, 2.45) is 5.73 Å². The van der Waals surface area contributed by atoms with Gasteiger partial charge in [-0.3, -0.25) is 10.1 Å². The van der Waals surface area contributed by atoms with Crippen molar-refractivity contribution >= 4 is 17.3 Å². The number of aryl methyl sites for hydroxylation is 2. The quantitative estimate of drug-likeness (QED) is 0.306. The molecule has 174 valence electrons. The number of methoxy groups -OCH3 is 1. The van der Waals surface area contributed by atoms with Crippen molar-refractivity contribution in [2.45, 2.75) is 47.5 Å². The van der Waals surface area contributed by atoms with Crippen LogP contribution in [0.15, 0.2) is 43.2 Å². The van der Waals surface area contributed by atoms with E-state index in [0.29, 0.717) is 13.1 Å². The number of nitrogens with two attached hydrogens (primary N) is 1. The second-order valence-electron chi connectivity index (χ2n) is 6.38. The third kappa shape index (κ3) is 6.64. The lowest BCUT2D eigenvalue weighted by Crippen LogP contribution is -2.09. The molecule has 2 heterocycles. The molecule has 0 aliphatic heterocycles. The van der Waals surface area contributed by atoms with E-state index in [-0.39, 0.29) is 24.4 Å². The van der Waals surface area contributed by atoms with Crippen LogP contribution in [0.5, 0.6) is 0 Å². The van der Waals surface area contributed by atoms with E-state index in [9.17, 15) is 14.9 Å². The van der Waals surface area contributed by atoms with Crippen LogP contribution in [0, 0.1) is 10.1 Å². The first-order valence-corrected chi connectivity index (χ1v) is 9.73. The zero-order valence-electron chi connectivity index (χ0n) is 17.8. The van der Waals surface area contributed by atoms with Gasteiger partial charge in [0.1, 0.15) is 5.69 Å². The van der Waals surface area contributed by atoms with Gasteiger partial charge < -0.3 is 24.9 Å². The third-order valence-corrected chi connectivity index (χ3v) is 4.56. The number of benzene rings is 1. The van der Waals surface area contributed by atoms with Crippen LogP contribution in [0.2, 0.25) is 0 Å². The van der Waals surface area contributed by atoms with E-state index in [2.05, 4.69) is 26.9 Å². The van der Waals surface area contributed by atoms with Crippen LogP contribution in [-0.4, -0.2) is 37.1 Å². The molecule has 0 radical (unpaired) electrons. The van der Waals surface area contributed by atoms with Crippen LogP contribution >= 0.6 is 0 Å². The van der Waals surface area contributed by atoms with Gasteiger partial charge in [-0.2, -0.15) is 0 Å². The number of nitro benzene ring substituents is 1. The average molecular weight is 446 g/mol. The van der Waals surface area contributed by atoms with Gasteiger partial charge >= 0.3 is 5.97 Å². The van der Waals surface area contributed by atoms with Crippen LogP contribution in [0.25, 0.3) is 0 Å². The molecule has 0 saturated carbocycles. The molecule has 0 fully saturated rings. The number of nitrogens with one attached hydrogen (secondary N) is 1. The number of carbonyl (C=O) groups excluding carboxylic acids is 1. The molecule has 0 amide bonds. The molecule has 0 aliphatic rings. The van der Waals surface area contributed by atoms with Crippen LogP contribution < -0.4 is 11.1 Å². The minimum atomic E-state index is -0.545. The molecule has 0 spiro atoms. The first-order chi connectivity index (χ1) is 14.9. The number of anilines is 1. The molecule has 1 aromatic carbocycles. The topological polar surface area (TPSA) is 143 Å². The molecule has 3 aromatic rings. The fourth-order valence-corrected chi connectivity index (χ4v) is 2.85. The molecule has 0 saturated heterocycles. The third-order valence-electron chi connectivity index (χ3n) is 4.56. The number of nitro groups is 1. The highest BCUT2D eigenvalue weighted by Crippen LogP contribution is 2.26. The molecule has 11 heteroatoms. The summed E-state index contributed by atoms with van der Waals surface area (Å²) < 4.78 is 8.58. The van der Waals surface area contributed by atoms with Gasteiger partial charge in [0.05, 0.1) is 48.2 Å². The highest BCUT2D eigenvalue weighted by Gasteiger charge is 2.17. The van der Waals surface area contributed by atoms with E-state index in [4.69, 9.17) is 5.73 Å². The molecule has 32 heavy (non-hydrogen) atoms. The summed E-state index contributed by atoms with van der Waals surface area (Å²) in [6.07, 6.45) is 6.97. The van der Waals surface area contributed by atoms with Crippen molar-refractivity contribution in [3.63, 3.8) is 0 Å². The molecule has 3 N–H and O–H groups in total. The molecule has 2 aromatic heterocycles. The van der Waals surface area contributed by atoms with Crippen LogP contribution in [-0.2, 0) is 30.9 Å². The number of ether oxygens (including phenoxy) is 1. The Labute approximate surface area is 187 Å². The highest BCUT2D eigenvalue weighted by molar-refractivity contribution is 5.91. The molecule has 0 aliphatic carbocycles. The predicted molar refractivity (Wildman–Crippen MR) is 122 cm³/mol. The van der Waals surface area contributed by atoms with E-state index in [1.54, 1.807) is 25.0 Å². The SMILES string of the molecule is C.CCn1cncc1CN.CCn1cncc1CNc1cc(C(=O)OC)ccc1[N+](=O)[O-]. The van der Waals surface area contributed by atoms with Crippen molar-refractivity contribution in [3.05, 3.63) is 70.3 Å². The molecule has 0 bridgehead atoms. The Morgan fingerprint density at radius 1 is 1.16 bits per heavy atom. The van der Waals surface area contributed by atoms with Crippen LogP contribution in [0.3, 0.4) is 0 Å². The maximum Gasteiger partial charge on any atom is 0.337 e. The number of rotatable bonds is 8. The average Bonchev–Trinajstić information content (AvgIpc) is 3.45. The molecule has 3 rings (SSSR count). The van der Waals surface area contributed by atoms with Gasteiger partial charge in [-0.1, -0.05) is 7.43 Å². The molecule has 11 nitrogen and oxygen atoms in total. The van der Waals surface area contributed by atoms with Gasteiger partial charge in [0.2, 0.25) is 0 Å². The lowest BCUT2D eigenvalue weighted by Gasteiger charge is -2.10. The molecular weight excluding hydrogens is 414 g/mol. The Balaban J connectivity index is 0.000000431. The number of aromatic nitrogens is 4. The van der Waals surface area contributed by atoms with Gasteiger partial charge in [0.15, 0.2) is 0 Å². The summed E-state index contributed by atoms with van der Waals surface area (Å²) in [6, 6.07) is 4.06. The summed E-state index contributed by atoms with van der Waals surface area (Å²) >= 11 is 0. The maximum atomic E-state index is 11.5. The number of carbonyl (C=O) groups is 1. The minimum Gasteiger partial charge on any atom is -0.465 e. The number of hydrogen-bond donors (Lipinski definition) is 2. The summed E-state index contributed by atoms with van der Waals surface area (Å²) in [5.41, 5.74) is 7.80. The first-order valence-electron chi connectivity index (χ1n) is 9.73. The van der Waals surface area contributed by atoms with Gasteiger partial charge in [0, 0.05) is 38.1 Å². The van der Waals surface area contributed by atoms with Gasteiger partial charge in [-0.15, -0.1) is 0 Å². The number of nitrogens with zero attached hydrogens (tertiary/aromatic N) is 5. The Morgan fingerprint density at radius 3 is 2.25 bits per heavy atom. The minimum absolute atomic E-state index is 0. The second-order valence-corrected chi connectivity index (χ2v) is 6.38. The van der Waals surface area contributed by atoms with E-state index >= 15 is 0 Å². The van der Waals surface area contributed by atoms with Crippen molar-refractivity contribution < 1.29 is 14.5 Å². The van der Waals surface area contributed by atoms with E-state index < -0.39 is 10.9 Å². The Hall–Kier alpha value is -3.73. The summed E-state index contributed by atoms with van der Waals surface area (Å²) in [4.78, 5) is 30.1. The van der Waals surface area contributed by atoms with E-state index in [1.807, 2.05) is 16.1 Å². The molecule has 0 atom stereocenters. The van der Waals surface area contributed by atoms with Crippen molar-refractivity contribution in [2.75, 3.05) is 12.4 Å². The lowest BCUT2D eigenvalue weighted by molar-refractivity contribution is -0.384. The largest absolute Gasteiger partial charge is 0.465 e. The summed E-state index contributed by atoms with van der Waals surface area (Å²) in [5.74, 6) is -0.545. The van der Waals surface area contributed by atoms with Crippen molar-refractivity contribution in [1.29, 1.82) is 0 Å². The highest BCUT2D eigenvalue weighted by atomic mass is 16.6. The smallest absolute Gasteiger partial charge is 0.337 e.